The minimum Gasteiger partial charge on any atom is -0.369 e. The van der Waals surface area contributed by atoms with E-state index in [1.54, 1.807) is 4.90 Å². The topological polar surface area (TPSA) is 89.4 Å². The van der Waals surface area contributed by atoms with Crippen LogP contribution in [0.25, 0.3) is 0 Å². The van der Waals surface area contributed by atoms with E-state index in [1.807, 2.05) is 13.8 Å². The minimum atomic E-state index is -0.464. The second-order valence-electron chi connectivity index (χ2n) is 4.53. The van der Waals surface area contributed by atoms with E-state index in [9.17, 15) is 9.59 Å². The Morgan fingerprint density at radius 2 is 2.06 bits per heavy atom. The molecule has 5 nitrogen and oxygen atoms in total. The number of hydrogen-bond acceptors (Lipinski definition) is 3. The number of hydrogen-bond donors (Lipinski definition) is 2. The van der Waals surface area contributed by atoms with Crippen molar-refractivity contribution in [2.24, 2.45) is 17.4 Å². The lowest BCUT2D eigenvalue weighted by atomic mass is 9.92. The molecule has 5 heteroatoms. The maximum atomic E-state index is 12.0. The Bertz CT molecular complexity index is 280. The van der Waals surface area contributed by atoms with E-state index >= 15 is 0 Å². The number of piperidine rings is 1. The van der Waals surface area contributed by atoms with Gasteiger partial charge in [-0.3, -0.25) is 9.59 Å². The van der Waals surface area contributed by atoms with Gasteiger partial charge in [-0.05, 0) is 26.2 Å². The summed E-state index contributed by atoms with van der Waals surface area (Å²) in [5.41, 5.74) is 11.0. The van der Waals surface area contributed by atoms with Crippen molar-refractivity contribution in [3.8, 4) is 0 Å². The first-order valence-electron chi connectivity index (χ1n) is 5.82. The van der Waals surface area contributed by atoms with Crippen molar-refractivity contribution in [1.29, 1.82) is 0 Å². The summed E-state index contributed by atoms with van der Waals surface area (Å²) in [6.45, 7) is 4.28. The van der Waals surface area contributed by atoms with E-state index in [1.165, 1.54) is 0 Å². The van der Waals surface area contributed by atoms with Crippen LogP contribution in [0.15, 0.2) is 0 Å². The Kier molecular flexibility index (Phi) is 4.29. The molecule has 16 heavy (non-hydrogen) atoms. The highest BCUT2D eigenvalue weighted by atomic mass is 16.2. The first-order valence-corrected chi connectivity index (χ1v) is 5.82. The molecule has 1 fully saturated rings. The van der Waals surface area contributed by atoms with Crippen LogP contribution in [0.2, 0.25) is 0 Å². The Hall–Kier alpha value is -1.10. The lowest BCUT2D eigenvalue weighted by Crippen LogP contribution is -2.53. The molecule has 0 spiro atoms. The van der Waals surface area contributed by atoms with Crippen LogP contribution in [-0.2, 0) is 9.59 Å². The van der Waals surface area contributed by atoms with Crippen LogP contribution >= 0.6 is 0 Å². The maximum Gasteiger partial charge on any atom is 0.239 e. The van der Waals surface area contributed by atoms with Crippen molar-refractivity contribution in [2.45, 2.75) is 45.2 Å². The van der Waals surface area contributed by atoms with Gasteiger partial charge in [0.25, 0.3) is 0 Å². The van der Waals surface area contributed by atoms with Crippen LogP contribution in [-0.4, -0.2) is 35.3 Å². The second-order valence-corrected chi connectivity index (χ2v) is 4.53. The first-order chi connectivity index (χ1) is 7.47. The largest absolute Gasteiger partial charge is 0.369 e. The van der Waals surface area contributed by atoms with Gasteiger partial charge in [0.15, 0.2) is 0 Å². The molecule has 3 atom stereocenters. The fourth-order valence-corrected chi connectivity index (χ4v) is 2.03. The van der Waals surface area contributed by atoms with Crippen molar-refractivity contribution in [3.63, 3.8) is 0 Å². The number of nitrogens with two attached hydrogens (primary N) is 2. The zero-order valence-electron chi connectivity index (χ0n) is 9.98. The summed E-state index contributed by atoms with van der Waals surface area (Å²) < 4.78 is 0. The Morgan fingerprint density at radius 3 is 2.56 bits per heavy atom. The highest BCUT2D eigenvalue weighted by Crippen LogP contribution is 2.22. The van der Waals surface area contributed by atoms with E-state index in [2.05, 4.69) is 0 Å². The Labute approximate surface area is 96.1 Å². The molecule has 92 valence electrons. The number of carbonyl (C=O) groups is 2. The predicted octanol–water partition coefficient (Wildman–Crippen LogP) is -0.164. The second kappa shape index (κ2) is 5.30. The molecule has 0 aromatic carbocycles. The third kappa shape index (κ3) is 2.72. The van der Waals surface area contributed by atoms with Crippen LogP contribution in [0.4, 0.5) is 0 Å². The monoisotopic (exact) mass is 227 g/mol. The molecule has 0 bridgehead atoms. The lowest BCUT2D eigenvalue weighted by molar-refractivity contribution is -0.138. The van der Waals surface area contributed by atoms with E-state index < -0.39 is 6.04 Å². The van der Waals surface area contributed by atoms with Gasteiger partial charge in [0.2, 0.25) is 11.8 Å². The number of amides is 2. The van der Waals surface area contributed by atoms with E-state index in [4.69, 9.17) is 11.5 Å². The van der Waals surface area contributed by atoms with Crippen LogP contribution in [0, 0.1) is 5.92 Å². The van der Waals surface area contributed by atoms with Crippen molar-refractivity contribution in [1.82, 2.24) is 4.90 Å². The van der Waals surface area contributed by atoms with Gasteiger partial charge in [-0.25, -0.2) is 0 Å². The normalized spacial score (nSPS) is 27.6. The summed E-state index contributed by atoms with van der Waals surface area (Å²) in [6.07, 6.45) is 2.20. The van der Waals surface area contributed by atoms with Crippen LogP contribution < -0.4 is 11.5 Å². The molecule has 1 rings (SSSR count). The zero-order chi connectivity index (χ0) is 12.3. The first kappa shape index (κ1) is 13.0. The molecule has 1 aliphatic rings. The molecule has 1 heterocycles. The molecule has 2 amide bonds. The van der Waals surface area contributed by atoms with Crippen molar-refractivity contribution < 1.29 is 9.59 Å². The van der Waals surface area contributed by atoms with Crippen LogP contribution in [0.3, 0.4) is 0 Å². The van der Waals surface area contributed by atoms with Gasteiger partial charge in [-0.15, -0.1) is 0 Å². The van der Waals surface area contributed by atoms with Crippen molar-refractivity contribution >= 4 is 11.8 Å². The standard InChI is InChI=1S/C11H21N3O2/c1-3-9(12)11(16)14-6-8(10(13)15)5-4-7(14)2/h7-9H,3-6,12H2,1-2H3,(H2,13,15)/t7?,8?,9-/m0/s1. The summed E-state index contributed by atoms with van der Waals surface area (Å²) in [4.78, 5) is 24.8. The third-order valence-electron chi connectivity index (χ3n) is 3.32. The molecule has 0 saturated carbocycles. The lowest BCUT2D eigenvalue weighted by Gasteiger charge is -2.38. The van der Waals surface area contributed by atoms with Gasteiger partial charge in [0, 0.05) is 12.6 Å². The highest BCUT2D eigenvalue weighted by Gasteiger charge is 2.33. The number of primary amides is 1. The predicted molar refractivity (Wildman–Crippen MR) is 61.4 cm³/mol. The van der Waals surface area contributed by atoms with Crippen molar-refractivity contribution in [3.05, 3.63) is 0 Å². The molecule has 1 saturated heterocycles. The molecule has 4 N–H and O–H groups in total. The molecular formula is C11H21N3O2. The van der Waals surface area contributed by atoms with Crippen LogP contribution in [0.1, 0.15) is 33.1 Å². The van der Waals surface area contributed by atoms with Gasteiger partial charge in [-0.2, -0.15) is 0 Å². The Morgan fingerprint density at radius 1 is 1.44 bits per heavy atom. The number of carbonyl (C=O) groups excluding carboxylic acids is 2. The third-order valence-corrected chi connectivity index (χ3v) is 3.32. The number of likely N-dealkylation sites (tertiary alicyclic amines) is 1. The summed E-state index contributed by atoms with van der Waals surface area (Å²) in [5, 5.41) is 0. The van der Waals surface area contributed by atoms with Crippen LogP contribution in [0.5, 0.6) is 0 Å². The quantitative estimate of drug-likeness (QED) is 0.701. The number of nitrogens with zero attached hydrogens (tertiary/aromatic N) is 1. The minimum absolute atomic E-state index is 0.0686. The fraction of sp³-hybridized carbons (Fsp3) is 0.818. The molecular weight excluding hydrogens is 206 g/mol. The van der Waals surface area contributed by atoms with E-state index in [0.29, 0.717) is 13.0 Å². The average molecular weight is 227 g/mol. The average Bonchev–Trinajstić information content (AvgIpc) is 2.27. The molecule has 0 radical (unpaired) electrons. The summed E-state index contributed by atoms with van der Waals surface area (Å²) in [5.74, 6) is -0.611. The smallest absolute Gasteiger partial charge is 0.239 e. The fourth-order valence-electron chi connectivity index (χ4n) is 2.03. The molecule has 0 aromatic heterocycles. The van der Waals surface area contributed by atoms with Crippen molar-refractivity contribution in [2.75, 3.05) is 6.54 Å². The summed E-state index contributed by atoms with van der Waals surface area (Å²) in [7, 11) is 0. The van der Waals surface area contributed by atoms with Gasteiger partial charge >= 0.3 is 0 Å². The molecule has 0 aromatic rings. The summed E-state index contributed by atoms with van der Waals surface area (Å²) in [6, 6.07) is -0.310. The van der Waals surface area contributed by atoms with Gasteiger partial charge in [0.1, 0.15) is 0 Å². The summed E-state index contributed by atoms with van der Waals surface area (Å²) >= 11 is 0. The highest BCUT2D eigenvalue weighted by molar-refractivity contribution is 5.83. The van der Waals surface area contributed by atoms with Gasteiger partial charge in [0.05, 0.1) is 12.0 Å². The molecule has 1 aliphatic heterocycles. The van der Waals surface area contributed by atoms with E-state index in [-0.39, 0.29) is 23.8 Å². The molecule has 0 aliphatic carbocycles. The van der Waals surface area contributed by atoms with Gasteiger partial charge in [-0.1, -0.05) is 6.92 Å². The zero-order valence-corrected chi connectivity index (χ0v) is 9.98. The Balaban J connectivity index is 2.69. The molecule has 2 unspecified atom stereocenters. The maximum absolute atomic E-state index is 12.0. The van der Waals surface area contributed by atoms with Gasteiger partial charge < -0.3 is 16.4 Å². The SMILES string of the molecule is CC[C@H](N)C(=O)N1CC(C(N)=O)CCC1C. The number of rotatable bonds is 3. The van der Waals surface area contributed by atoms with E-state index in [0.717, 1.165) is 12.8 Å².